The van der Waals surface area contributed by atoms with Gasteiger partial charge in [0.2, 0.25) is 5.78 Å². The van der Waals surface area contributed by atoms with Gasteiger partial charge < -0.3 is 25.0 Å². The van der Waals surface area contributed by atoms with Crippen molar-refractivity contribution < 1.29 is 19.1 Å². The molecule has 0 saturated carbocycles. The number of pyridine rings is 1. The lowest BCUT2D eigenvalue weighted by Gasteiger charge is -2.39. The molecule has 2 aromatic heterocycles. The maximum atomic E-state index is 13.4. The summed E-state index contributed by atoms with van der Waals surface area (Å²) in [6.45, 7) is 9.96. The Balaban J connectivity index is 1.38. The molecule has 1 aliphatic heterocycles. The number of hydrogen-bond acceptors (Lipinski definition) is 9. The third kappa shape index (κ3) is 8.01. The highest BCUT2D eigenvalue weighted by Crippen LogP contribution is 2.34. The number of ether oxygens (including phenoxy) is 2. The first-order chi connectivity index (χ1) is 19.9. The summed E-state index contributed by atoms with van der Waals surface area (Å²) in [4.78, 5) is 40.6. The topological polar surface area (TPSA) is 119 Å². The molecular weight excluding hydrogens is 579 g/mol. The number of ketones is 1. The van der Waals surface area contributed by atoms with Gasteiger partial charge in [0.1, 0.15) is 23.1 Å². The van der Waals surface area contributed by atoms with E-state index in [9.17, 15) is 9.59 Å². The average molecular weight is 616 g/mol. The van der Waals surface area contributed by atoms with Gasteiger partial charge in [-0.15, -0.1) is 0 Å². The van der Waals surface area contributed by atoms with Gasteiger partial charge in [-0.1, -0.05) is 42.3 Å². The monoisotopic (exact) mass is 614 g/mol. The van der Waals surface area contributed by atoms with E-state index in [-0.39, 0.29) is 32.4 Å². The standard InChI is InChI=1S/C30H36Cl2N6O4/c1-29(2,3)37-28(40)42-18-30(4)11-14-38(15-12-30)22-17-34-24(26(32)36-22)25(39)21-10-13-33-27(23(21)31)35-16-19-6-8-20(41-5)9-7-19/h6-10,13,17H,11-12,14-16,18H2,1-5H3,(H,33,35)(H,37,40). The molecule has 0 aliphatic carbocycles. The first-order valence-corrected chi connectivity index (χ1v) is 14.4. The number of carbonyl (C=O) groups excluding carboxylic acids is 2. The van der Waals surface area contributed by atoms with E-state index in [1.54, 1.807) is 13.3 Å². The maximum absolute atomic E-state index is 13.4. The van der Waals surface area contributed by atoms with Crippen LogP contribution in [0.15, 0.2) is 42.7 Å². The Labute approximate surface area is 256 Å². The van der Waals surface area contributed by atoms with Gasteiger partial charge in [0.25, 0.3) is 0 Å². The van der Waals surface area contributed by atoms with E-state index in [1.165, 1.54) is 12.3 Å². The van der Waals surface area contributed by atoms with Crippen LogP contribution in [0, 0.1) is 5.41 Å². The van der Waals surface area contributed by atoms with E-state index in [4.69, 9.17) is 32.7 Å². The van der Waals surface area contributed by atoms with E-state index in [1.807, 2.05) is 45.0 Å². The highest BCUT2D eigenvalue weighted by Gasteiger charge is 2.33. The third-order valence-corrected chi connectivity index (χ3v) is 7.65. The summed E-state index contributed by atoms with van der Waals surface area (Å²) in [6, 6.07) is 9.11. The Morgan fingerprint density at radius 2 is 1.76 bits per heavy atom. The molecule has 4 rings (SSSR count). The highest BCUT2D eigenvalue weighted by molar-refractivity contribution is 6.38. The van der Waals surface area contributed by atoms with Gasteiger partial charge >= 0.3 is 6.09 Å². The fourth-order valence-corrected chi connectivity index (χ4v) is 4.95. The number of benzene rings is 1. The zero-order valence-electron chi connectivity index (χ0n) is 24.5. The summed E-state index contributed by atoms with van der Waals surface area (Å²) < 4.78 is 10.7. The van der Waals surface area contributed by atoms with Gasteiger partial charge in [-0.3, -0.25) is 4.79 Å². The minimum atomic E-state index is -0.448. The van der Waals surface area contributed by atoms with Crippen LogP contribution in [0.2, 0.25) is 10.2 Å². The molecular formula is C30H36Cl2N6O4. The van der Waals surface area contributed by atoms with Gasteiger partial charge in [0, 0.05) is 42.3 Å². The third-order valence-electron chi connectivity index (χ3n) is 7.01. The number of methoxy groups -OCH3 is 1. The Kier molecular flexibility index (Phi) is 9.78. The molecule has 1 fully saturated rings. The number of rotatable bonds is 9. The second-order valence-corrected chi connectivity index (χ2v) is 12.4. The van der Waals surface area contributed by atoms with Gasteiger partial charge in [0.05, 0.1) is 24.9 Å². The van der Waals surface area contributed by atoms with Crippen molar-refractivity contribution in [3.8, 4) is 5.75 Å². The molecule has 0 radical (unpaired) electrons. The Bertz CT molecular complexity index is 1420. The van der Waals surface area contributed by atoms with Gasteiger partial charge in [-0.2, -0.15) is 0 Å². The van der Waals surface area contributed by atoms with E-state index >= 15 is 0 Å². The number of halogens is 2. The van der Waals surface area contributed by atoms with E-state index in [0.717, 1.165) is 24.2 Å². The number of nitrogens with one attached hydrogen (secondary N) is 2. The largest absolute Gasteiger partial charge is 0.497 e. The lowest BCUT2D eigenvalue weighted by Crippen LogP contribution is -2.45. The predicted octanol–water partition coefficient (Wildman–Crippen LogP) is 6.16. The lowest BCUT2D eigenvalue weighted by atomic mass is 9.81. The molecule has 0 unspecified atom stereocenters. The number of nitrogens with zero attached hydrogens (tertiary/aromatic N) is 4. The molecule has 3 heterocycles. The second kappa shape index (κ2) is 13.1. The van der Waals surface area contributed by atoms with Gasteiger partial charge in [-0.05, 0) is 57.4 Å². The fourth-order valence-electron chi connectivity index (χ4n) is 4.46. The molecule has 10 nitrogen and oxygen atoms in total. The summed E-state index contributed by atoms with van der Waals surface area (Å²) >= 11 is 13.1. The van der Waals surface area contributed by atoms with Crippen LogP contribution in [-0.2, 0) is 11.3 Å². The molecule has 224 valence electrons. The van der Waals surface area contributed by atoms with Crippen LogP contribution in [0.4, 0.5) is 16.4 Å². The molecule has 1 amide bonds. The number of aromatic nitrogens is 3. The number of anilines is 2. The summed E-state index contributed by atoms with van der Waals surface area (Å²) in [5.41, 5.74) is 0.709. The molecule has 2 N–H and O–H groups in total. The molecule has 1 aliphatic rings. The van der Waals surface area contributed by atoms with Crippen LogP contribution in [0.1, 0.15) is 62.2 Å². The van der Waals surface area contributed by atoms with Crippen LogP contribution in [-0.4, -0.2) is 59.2 Å². The first-order valence-electron chi connectivity index (χ1n) is 13.7. The molecule has 12 heteroatoms. The Hall–Kier alpha value is -3.63. The normalized spacial score (nSPS) is 14.7. The number of alkyl carbamates (subject to hydrolysis) is 1. The predicted molar refractivity (Wildman–Crippen MR) is 164 cm³/mol. The van der Waals surface area contributed by atoms with E-state index in [0.29, 0.717) is 37.9 Å². The van der Waals surface area contributed by atoms with Crippen LogP contribution in [0.3, 0.4) is 0 Å². The van der Waals surface area contributed by atoms with Gasteiger partial charge in [0.15, 0.2) is 5.15 Å². The zero-order valence-corrected chi connectivity index (χ0v) is 26.0. The number of carbonyl (C=O) groups is 2. The number of piperidine rings is 1. The average Bonchev–Trinajstić information content (AvgIpc) is 2.95. The fraction of sp³-hybridized carbons (Fsp3) is 0.433. The van der Waals surface area contributed by atoms with Crippen molar-refractivity contribution in [2.45, 2.75) is 52.6 Å². The molecule has 1 aromatic carbocycles. The summed E-state index contributed by atoms with van der Waals surface area (Å²) in [5.74, 6) is 1.26. The van der Waals surface area contributed by atoms with Crippen molar-refractivity contribution in [3.63, 3.8) is 0 Å². The number of amides is 1. The first kappa shape index (κ1) is 31.3. The molecule has 42 heavy (non-hydrogen) atoms. The van der Waals surface area contributed by atoms with Crippen LogP contribution in [0.5, 0.6) is 5.75 Å². The molecule has 0 bridgehead atoms. The minimum Gasteiger partial charge on any atom is -0.497 e. The maximum Gasteiger partial charge on any atom is 0.407 e. The lowest BCUT2D eigenvalue weighted by molar-refractivity contribution is 0.0715. The minimum absolute atomic E-state index is 0.00589. The van der Waals surface area contributed by atoms with E-state index in [2.05, 4.69) is 37.4 Å². The Morgan fingerprint density at radius 3 is 2.38 bits per heavy atom. The smallest absolute Gasteiger partial charge is 0.407 e. The van der Waals surface area contributed by atoms with Crippen molar-refractivity contribution in [2.24, 2.45) is 5.41 Å². The van der Waals surface area contributed by atoms with Crippen LogP contribution < -0.4 is 20.3 Å². The van der Waals surface area contributed by atoms with Gasteiger partial charge in [-0.25, -0.2) is 19.7 Å². The van der Waals surface area contributed by atoms with E-state index < -0.39 is 11.9 Å². The van der Waals surface area contributed by atoms with Crippen molar-refractivity contribution in [1.29, 1.82) is 0 Å². The second-order valence-electron chi connectivity index (χ2n) is 11.7. The van der Waals surface area contributed by atoms with Crippen molar-refractivity contribution in [1.82, 2.24) is 20.3 Å². The van der Waals surface area contributed by atoms with Crippen molar-refractivity contribution in [3.05, 3.63) is 69.7 Å². The summed E-state index contributed by atoms with van der Waals surface area (Å²) in [6.07, 6.45) is 4.21. The summed E-state index contributed by atoms with van der Waals surface area (Å²) in [5, 5.41) is 6.15. The quantitative estimate of drug-likeness (QED) is 0.273. The molecule has 0 atom stereocenters. The van der Waals surface area contributed by atoms with Crippen LogP contribution >= 0.6 is 23.2 Å². The Morgan fingerprint density at radius 1 is 1.07 bits per heavy atom. The summed E-state index contributed by atoms with van der Waals surface area (Å²) in [7, 11) is 1.61. The molecule has 3 aromatic rings. The number of hydrogen-bond donors (Lipinski definition) is 2. The van der Waals surface area contributed by atoms with Crippen molar-refractivity contribution in [2.75, 3.05) is 37.0 Å². The van der Waals surface area contributed by atoms with Crippen LogP contribution in [0.25, 0.3) is 0 Å². The zero-order chi connectivity index (χ0) is 30.5. The molecule has 0 spiro atoms. The highest BCUT2D eigenvalue weighted by atomic mass is 35.5. The van der Waals surface area contributed by atoms with Crippen molar-refractivity contribution >= 4 is 46.7 Å². The SMILES string of the molecule is COc1ccc(CNc2nccc(C(=O)c3ncc(N4CCC(C)(COC(=O)NC(C)(C)C)CC4)nc3Cl)c2Cl)cc1. The molecule has 1 saturated heterocycles.